The Hall–Kier alpha value is -1.12. The van der Waals surface area contributed by atoms with Crippen molar-refractivity contribution in [2.24, 2.45) is 5.92 Å². The predicted octanol–water partition coefficient (Wildman–Crippen LogP) is 3.42. The Morgan fingerprint density at radius 3 is 2.71 bits per heavy atom. The van der Waals surface area contributed by atoms with Gasteiger partial charge in [0.25, 0.3) is 0 Å². The first kappa shape index (κ1) is 11.0. The molecule has 78 valence electrons. The topological polar surface area (TPSA) is 12.0 Å². The highest BCUT2D eigenvalue weighted by Gasteiger charge is 2.04. The second kappa shape index (κ2) is 4.94. The molecule has 1 aromatic carbocycles. The molecule has 0 spiro atoms. The van der Waals surface area contributed by atoms with E-state index in [1.165, 1.54) is 6.07 Å². The lowest BCUT2D eigenvalue weighted by molar-refractivity contribution is 0.579. The Bertz CT molecular complexity index is 299. The second-order valence-electron chi connectivity index (χ2n) is 3.52. The van der Waals surface area contributed by atoms with E-state index in [-0.39, 0.29) is 5.69 Å². The molecule has 0 saturated carbocycles. The summed E-state index contributed by atoms with van der Waals surface area (Å²) in [4.78, 5) is 0. The molecule has 14 heavy (non-hydrogen) atoms. The van der Waals surface area contributed by atoms with Gasteiger partial charge in [-0.05, 0) is 24.1 Å². The average molecular weight is 199 g/mol. The SMILES string of the molecule is CC[C@H](C)CNc1cc(F)ccc1F. The van der Waals surface area contributed by atoms with Crippen molar-refractivity contribution in [3.63, 3.8) is 0 Å². The Kier molecular flexibility index (Phi) is 3.86. The van der Waals surface area contributed by atoms with Gasteiger partial charge in [-0.25, -0.2) is 8.78 Å². The molecule has 1 aromatic rings. The van der Waals surface area contributed by atoms with Crippen LogP contribution in [0.15, 0.2) is 18.2 Å². The van der Waals surface area contributed by atoms with Gasteiger partial charge in [-0.3, -0.25) is 0 Å². The lowest BCUT2D eigenvalue weighted by Crippen LogP contribution is -2.11. The van der Waals surface area contributed by atoms with Gasteiger partial charge in [0.15, 0.2) is 0 Å². The van der Waals surface area contributed by atoms with Crippen LogP contribution in [0.4, 0.5) is 14.5 Å². The molecule has 0 aliphatic rings. The molecular weight excluding hydrogens is 184 g/mol. The average Bonchev–Trinajstić information content (AvgIpc) is 2.19. The van der Waals surface area contributed by atoms with Crippen molar-refractivity contribution in [2.75, 3.05) is 11.9 Å². The predicted molar refractivity (Wildman–Crippen MR) is 54.3 cm³/mol. The summed E-state index contributed by atoms with van der Waals surface area (Å²) >= 11 is 0. The number of hydrogen-bond donors (Lipinski definition) is 1. The van der Waals surface area contributed by atoms with Crippen molar-refractivity contribution < 1.29 is 8.78 Å². The first-order chi connectivity index (χ1) is 6.63. The van der Waals surface area contributed by atoms with E-state index in [1.807, 2.05) is 0 Å². The van der Waals surface area contributed by atoms with Crippen LogP contribution in [0.5, 0.6) is 0 Å². The minimum absolute atomic E-state index is 0.241. The number of nitrogens with one attached hydrogen (secondary N) is 1. The Morgan fingerprint density at radius 1 is 1.36 bits per heavy atom. The van der Waals surface area contributed by atoms with Crippen molar-refractivity contribution >= 4 is 5.69 Å². The van der Waals surface area contributed by atoms with E-state index in [9.17, 15) is 8.78 Å². The fourth-order valence-corrected chi connectivity index (χ4v) is 1.06. The van der Waals surface area contributed by atoms with Gasteiger partial charge >= 0.3 is 0 Å². The third kappa shape index (κ3) is 2.98. The van der Waals surface area contributed by atoms with Crippen molar-refractivity contribution in [2.45, 2.75) is 20.3 Å². The summed E-state index contributed by atoms with van der Waals surface area (Å²) in [7, 11) is 0. The first-order valence-electron chi connectivity index (χ1n) is 4.82. The molecular formula is C11H15F2N. The van der Waals surface area contributed by atoms with E-state index in [4.69, 9.17) is 0 Å². The van der Waals surface area contributed by atoms with Crippen molar-refractivity contribution in [1.29, 1.82) is 0 Å². The molecule has 0 radical (unpaired) electrons. The largest absolute Gasteiger partial charge is 0.382 e. The van der Waals surface area contributed by atoms with Crippen LogP contribution in [0.25, 0.3) is 0 Å². The standard InChI is InChI=1S/C11H15F2N/c1-3-8(2)7-14-11-6-9(12)4-5-10(11)13/h4-6,8,14H,3,7H2,1-2H3/t8-/m0/s1. The Labute approximate surface area is 83.1 Å². The molecule has 0 aliphatic carbocycles. The van der Waals surface area contributed by atoms with E-state index in [2.05, 4.69) is 19.2 Å². The summed E-state index contributed by atoms with van der Waals surface area (Å²) in [5.41, 5.74) is 0.241. The molecule has 0 amide bonds. The van der Waals surface area contributed by atoms with Gasteiger partial charge < -0.3 is 5.32 Å². The maximum absolute atomic E-state index is 13.1. The van der Waals surface area contributed by atoms with E-state index in [0.29, 0.717) is 12.5 Å². The molecule has 0 aromatic heterocycles. The molecule has 0 unspecified atom stereocenters. The maximum atomic E-state index is 13.1. The number of rotatable bonds is 4. The van der Waals surface area contributed by atoms with Gasteiger partial charge in [0.05, 0.1) is 5.69 Å². The quantitative estimate of drug-likeness (QED) is 0.783. The van der Waals surface area contributed by atoms with Crippen LogP contribution < -0.4 is 5.32 Å². The fraction of sp³-hybridized carbons (Fsp3) is 0.455. The third-order valence-corrected chi connectivity index (χ3v) is 2.27. The highest BCUT2D eigenvalue weighted by atomic mass is 19.1. The summed E-state index contributed by atoms with van der Waals surface area (Å²) in [6.07, 6.45) is 1.02. The number of benzene rings is 1. The summed E-state index contributed by atoms with van der Waals surface area (Å²) < 4.78 is 25.8. The smallest absolute Gasteiger partial charge is 0.146 e. The van der Waals surface area contributed by atoms with E-state index >= 15 is 0 Å². The molecule has 1 rings (SSSR count). The second-order valence-corrected chi connectivity index (χ2v) is 3.52. The van der Waals surface area contributed by atoms with Gasteiger partial charge in [0, 0.05) is 6.54 Å². The molecule has 0 heterocycles. The van der Waals surface area contributed by atoms with Gasteiger partial charge in [-0.1, -0.05) is 20.3 Å². The highest BCUT2D eigenvalue weighted by molar-refractivity contribution is 5.44. The molecule has 0 saturated heterocycles. The Morgan fingerprint density at radius 2 is 2.07 bits per heavy atom. The molecule has 0 fully saturated rings. The van der Waals surface area contributed by atoms with Gasteiger partial charge in [-0.2, -0.15) is 0 Å². The minimum Gasteiger partial charge on any atom is -0.382 e. The summed E-state index contributed by atoms with van der Waals surface area (Å²) in [5, 5.41) is 2.89. The molecule has 1 atom stereocenters. The van der Waals surface area contributed by atoms with Crippen LogP contribution in [0.2, 0.25) is 0 Å². The van der Waals surface area contributed by atoms with Crippen molar-refractivity contribution in [1.82, 2.24) is 0 Å². The van der Waals surface area contributed by atoms with E-state index in [1.54, 1.807) is 0 Å². The van der Waals surface area contributed by atoms with Crippen molar-refractivity contribution in [3.05, 3.63) is 29.8 Å². The third-order valence-electron chi connectivity index (χ3n) is 2.27. The van der Waals surface area contributed by atoms with E-state index in [0.717, 1.165) is 18.6 Å². The van der Waals surface area contributed by atoms with Crippen molar-refractivity contribution in [3.8, 4) is 0 Å². The van der Waals surface area contributed by atoms with Gasteiger partial charge in [-0.15, -0.1) is 0 Å². The maximum Gasteiger partial charge on any atom is 0.146 e. The lowest BCUT2D eigenvalue weighted by atomic mass is 10.1. The van der Waals surface area contributed by atoms with Crippen LogP contribution in [0.1, 0.15) is 20.3 Å². The first-order valence-corrected chi connectivity index (χ1v) is 4.82. The summed E-state index contributed by atoms with van der Waals surface area (Å²) in [6.45, 7) is 4.79. The number of anilines is 1. The molecule has 0 bridgehead atoms. The van der Waals surface area contributed by atoms with Crippen LogP contribution in [-0.4, -0.2) is 6.54 Å². The zero-order valence-electron chi connectivity index (χ0n) is 8.48. The zero-order valence-corrected chi connectivity index (χ0v) is 8.48. The molecule has 1 nitrogen and oxygen atoms in total. The zero-order chi connectivity index (χ0) is 10.6. The number of halogens is 2. The lowest BCUT2D eigenvalue weighted by Gasteiger charge is -2.11. The van der Waals surface area contributed by atoms with Gasteiger partial charge in [0.2, 0.25) is 0 Å². The van der Waals surface area contributed by atoms with Crippen LogP contribution in [-0.2, 0) is 0 Å². The molecule has 0 aliphatic heterocycles. The summed E-state index contributed by atoms with van der Waals surface area (Å²) in [5.74, 6) is -0.370. The van der Waals surface area contributed by atoms with Gasteiger partial charge in [0.1, 0.15) is 11.6 Å². The fourth-order valence-electron chi connectivity index (χ4n) is 1.06. The summed E-state index contributed by atoms with van der Waals surface area (Å²) in [6, 6.07) is 3.43. The number of hydrogen-bond acceptors (Lipinski definition) is 1. The minimum atomic E-state index is -0.418. The molecule has 3 heteroatoms. The van der Waals surface area contributed by atoms with Crippen LogP contribution >= 0.6 is 0 Å². The normalized spacial score (nSPS) is 12.6. The van der Waals surface area contributed by atoms with Crippen LogP contribution in [0, 0.1) is 17.6 Å². The van der Waals surface area contributed by atoms with Crippen LogP contribution in [0.3, 0.4) is 0 Å². The Balaban J connectivity index is 2.62. The monoisotopic (exact) mass is 199 g/mol. The van der Waals surface area contributed by atoms with E-state index < -0.39 is 11.6 Å². The highest BCUT2D eigenvalue weighted by Crippen LogP contribution is 2.15. The molecule has 1 N–H and O–H groups in total.